The van der Waals surface area contributed by atoms with Crippen molar-refractivity contribution in [2.45, 2.75) is 5.92 Å². The smallest absolute Gasteiger partial charge is 0.180 e. The van der Waals surface area contributed by atoms with Crippen molar-refractivity contribution < 1.29 is 9.59 Å². The lowest BCUT2D eigenvalue weighted by molar-refractivity contribution is 0.0888. The molecule has 0 radical (unpaired) electrons. The Bertz CT molecular complexity index is 672. The van der Waals surface area contributed by atoms with E-state index in [0.29, 0.717) is 16.8 Å². The molecule has 0 unspecified atom stereocenters. The third-order valence-electron chi connectivity index (χ3n) is 3.49. The fraction of sp³-hybridized carbons (Fsp3) is 0.188. The maximum Gasteiger partial charge on any atom is 0.180 e. The molecule has 0 saturated heterocycles. The standard InChI is InChI=1S/C16H14N2O2/c1-18(2)13-9-5-8-12(17-13)14-15(19)10-6-3-4-7-11(10)16(14)20/h3-9,14H,1-2H3. The van der Waals surface area contributed by atoms with Crippen LogP contribution in [-0.2, 0) is 0 Å². The summed E-state index contributed by atoms with van der Waals surface area (Å²) < 4.78 is 0. The minimum atomic E-state index is -0.799. The first-order valence-electron chi connectivity index (χ1n) is 6.41. The maximum absolute atomic E-state index is 12.4. The molecule has 1 aliphatic rings. The van der Waals surface area contributed by atoms with Crippen molar-refractivity contribution in [3.05, 3.63) is 59.3 Å². The molecule has 0 aliphatic heterocycles. The first-order valence-corrected chi connectivity index (χ1v) is 6.41. The van der Waals surface area contributed by atoms with Crippen molar-refractivity contribution in [2.24, 2.45) is 0 Å². The molecule has 0 saturated carbocycles. The Labute approximate surface area is 117 Å². The maximum atomic E-state index is 12.4. The number of pyridine rings is 1. The van der Waals surface area contributed by atoms with Crippen LogP contribution >= 0.6 is 0 Å². The number of carbonyl (C=O) groups is 2. The molecular weight excluding hydrogens is 252 g/mol. The Morgan fingerprint density at radius 1 is 0.900 bits per heavy atom. The van der Waals surface area contributed by atoms with E-state index in [1.54, 1.807) is 30.3 Å². The van der Waals surface area contributed by atoms with Crippen LogP contribution in [0.4, 0.5) is 5.82 Å². The Balaban J connectivity index is 2.07. The molecule has 4 heteroatoms. The lowest BCUT2D eigenvalue weighted by Gasteiger charge is -2.13. The topological polar surface area (TPSA) is 50.3 Å². The molecule has 1 aliphatic carbocycles. The van der Waals surface area contributed by atoms with Crippen LogP contribution in [0.2, 0.25) is 0 Å². The van der Waals surface area contributed by atoms with Gasteiger partial charge in [-0.3, -0.25) is 9.59 Å². The van der Waals surface area contributed by atoms with Crippen molar-refractivity contribution >= 4 is 17.4 Å². The number of benzene rings is 1. The molecule has 2 aromatic rings. The summed E-state index contributed by atoms with van der Waals surface area (Å²) in [5.41, 5.74) is 1.52. The fourth-order valence-electron chi connectivity index (χ4n) is 2.46. The number of hydrogen-bond donors (Lipinski definition) is 0. The zero-order chi connectivity index (χ0) is 14.3. The second kappa shape index (κ2) is 4.56. The van der Waals surface area contributed by atoms with Crippen molar-refractivity contribution in [1.82, 2.24) is 4.98 Å². The summed E-state index contributed by atoms with van der Waals surface area (Å²) in [4.78, 5) is 31.1. The molecule has 0 spiro atoms. The van der Waals surface area contributed by atoms with Gasteiger partial charge in [-0.05, 0) is 12.1 Å². The number of anilines is 1. The SMILES string of the molecule is CN(C)c1cccc(C2C(=O)c3ccccc3C2=O)n1. The van der Waals surface area contributed by atoms with E-state index in [-0.39, 0.29) is 11.6 Å². The predicted octanol–water partition coefficient (Wildman–Crippen LogP) is 2.31. The number of fused-ring (bicyclic) bond motifs is 1. The molecule has 100 valence electrons. The first-order chi connectivity index (χ1) is 9.59. The third-order valence-corrected chi connectivity index (χ3v) is 3.49. The van der Waals surface area contributed by atoms with Gasteiger partial charge in [-0.25, -0.2) is 4.98 Å². The monoisotopic (exact) mass is 266 g/mol. The molecule has 0 bridgehead atoms. The molecule has 1 aromatic carbocycles. The van der Waals surface area contributed by atoms with Crippen LogP contribution < -0.4 is 4.90 Å². The summed E-state index contributed by atoms with van der Waals surface area (Å²) in [6, 6.07) is 12.4. The highest BCUT2D eigenvalue weighted by Gasteiger charge is 2.40. The Kier molecular flexibility index (Phi) is 2.86. The zero-order valence-corrected chi connectivity index (χ0v) is 11.3. The van der Waals surface area contributed by atoms with E-state index < -0.39 is 5.92 Å². The van der Waals surface area contributed by atoms with E-state index in [1.165, 1.54) is 0 Å². The average Bonchev–Trinajstić information content (AvgIpc) is 2.72. The van der Waals surface area contributed by atoms with E-state index >= 15 is 0 Å². The molecular formula is C16H14N2O2. The second-order valence-corrected chi connectivity index (χ2v) is 5.02. The highest BCUT2D eigenvalue weighted by atomic mass is 16.2. The summed E-state index contributed by atoms with van der Waals surface area (Å²) >= 11 is 0. The number of carbonyl (C=O) groups excluding carboxylic acids is 2. The van der Waals surface area contributed by atoms with Crippen molar-refractivity contribution in [2.75, 3.05) is 19.0 Å². The largest absolute Gasteiger partial charge is 0.363 e. The van der Waals surface area contributed by atoms with Gasteiger partial charge in [0.05, 0.1) is 5.69 Å². The number of rotatable bonds is 2. The Morgan fingerprint density at radius 3 is 2.05 bits per heavy atom. The Morgan fingerprint density at radius 2 is 1.50 bits per heavy atom. The molecule has 4 nitrogen and oxygen atoms in total. The number of ketones is 2. The van der Waals surface area contributed by atoms with Gasteiger partial charge in [-0.1, -0.05) is 30.3 Å². The molecule has 0 amide bonds. The van der Waals surface area contributed by atoms with E-state index in [9.17, 15) is 9.59 Å². The van der Waals surface area contributed by atoms with Crippen molar-refractivity contribution in [3.8, 4) is 0 Å². The van der Waals surface area contributed by atoms with E-state index in [2.05, 4.69) is 4.98 Å². The van der Waals surface area contributed by atoms with E-state index in [4.69, 9.17) is 0 Å². The van der Waals surface area contributed by atoms with Gasteiger partial charge in [0.2, 0.25) is 0 Å². The molecule has 1 aromatic heterocycles. The third kappa shape index (κ3) is 1.81. The highest BCUT2D eigenvalue weighted by Crippen LogP contribution is 2.33. The van der Waals surface area contributed by atoms with Crippen LogP contribution in [0.15, 0.2) is 42.5 Å². The van der Waals surface area contributed by atoms with E-state index in [1.807, 2.05) is 31.1 Å². The Hall–Kier alpha value is -2.49. The normalized spacial score (nSPS) is 14.5. The fourth-order valence-corrected chi connectivity index (χ4v) is 2.46. The minimum Gasteiger partial charge on any atom is -0.363 e. The number of aromatic nitrogens is 1. The van der Waals surface area contributed by atoms with Gasteiger partial charge in [0.15, 0.2) is 11.6 Å². The van der Waals surface area contributed by atoms with Gasteiger partial charge in [0, 0.05) is 25.2 Å². The first kappa shape index (κ1) is 12.5. The quantitative estimate of drug-likeness (QED) is 0.783. The van der Waals surface area contributed by atoms with Crippen molar-refractivity contribution in [1.29, 1.82) is 0 Å². The van der Waals surface area contributed by atoms with Crippen LogP contribution in [0.5, 0.6) is 0 Å². The number of hydrogen-bond acceptors (Lipinski definition) is 4. The van der Waals surface area contributed by atoms with E-state index in [0.717, 1.165) is 5.82 Å². The zero-order valence-electron chi connectivity index (χ0n) is 11.3. The molecule has 3 rings (SSSR count). The van der Waals surface area contributed by atoms with Crippen molar-refractivity contribution in [3.63, 3.8) is 0 Å². The summed E-state index contributed by atoms with van der Waals surface area (Å²) in [5.74, 6) is -0.380. The lowest BCUT2D eigenvalue weighted by atomic mass is 9.99. The van der Waals surface area contributed by atoms with Gasteiger partial charge >= 0.3 is 0 Å². The minimum absolute atomic E-state index is 0.158. The number of nitrogens with zero attached hydrogens (tertiary/aromatic N) is 2. The second-order valence-electron chi connectivity index (χ2n) is 5.02. The molecule has 1 heterocycles. The molecule has 0 fully saturated rings. The highest BCUT2D eigenvalue weighted by molar-refractivity contribution is 6.29. The summed E-state index contributed by atoms with van der Waals surface area (Å²) in [6.07, 6.45) is 0. The van der Waals surface area contributed by atoms with Crippen LogP contribution in [0.1, 0.15) is 32.3 Å². The van der Waals surface area contributed by atoms with Crippen LogP contribution in [0.25, 0.3) is 0 Å². The summed E-state index contributed by atoms with van der Waals surface area (Å²) in [7, 11) is 3.75. The number of Topliss-reactive ketones (excluding diaryl/α,β-unsaturated/α-hetero) is 2. The van der Waals surface area contributed by atoms with Gasteiger partial charge in [0.1, 0.15) is 11.7 Å². The lowest BCUT2D eigenvalue weighted by Crippen LogP contribution is -2.17. The average molecular weight is 266 g/mol. The molecule has 0 atom stereocenters. The summed E-state index contributed by atoms with van der Waals surface area (Å²) in [5, 5.41) is 0. The summed E-state index contributed by atoms with van der Waals surface area (Å²) in [6.45, 7) is 0. The van der Waals surface area contributed by atoms with Crippen LogP contribution in [0.3, 0.4) is 0 Å². The van der Waals surface area contributed by atoms with Crippen LogP contribution in [-0.4, -0.2) is 30.6 Å². The van der Waals surface area contributed by atoms with Gasteiger partial charge in [-0.15, -0.1) is 0 Å². The van der Waals surface area contributed by atoms with Gasteiger partial charge in [-0.2, -0.15) is 0 Å². The molecule has 20 heavy (non-hydrogen) atoms. The predicted molar refractivity (Wildman–Crippen MR) is 76.4 cm³/mol. The molecule has 0 N–H and O–H groups in total. The van der Waals surface area contributed by atoms with Gasteiger partial charge in [0.25, 0.3) is 0 Å². The van der Waals surface area contributed by atoms with Gasteiger partial charge < -0.3 is 4.90 Å². The van der Waals surface area contributed by atoms with Crippen LogP contribution in [0, 0.1) is 0 Å².